The van der Waals surface area contributed by atoms with Crippen molar-refractivity contribution >= 4 is 33.2 Å². The molecule has 3 aromatic heterocycles. The molecule has 0 aliphatic heterocycles. The summed E-state index contributed by atoms with van der Waals surface area (Å²) in [6, 6.07) is 1.71. The average Bonchev–Trinajstić information content (AvgIpc) is 2.94. The lowest BCUT2D eigenvalue weighted by atomic mass is 10.3. The molecule has 0 saturated heterocycles. The fourth-order valence-corrected chi connectivity index (χ4v) is 2.55. The van der Waals surface area contributed by atoms with Crippen molar-refractivity contribution in [2.75, 3.05) is 0 Å². The van der Waals surface area contributed by atoms with Crippen LogP contribution in [0, 0.1) is 0 Å². The monoisotopic (exact) mass is 304 g/mol. The van der Waals surface area contributed by atoms with Gasteiger partial charge in [-0.25, -0.2) is 9.67 Å². The number of alkyl halides is 3. The molecule has 98 valence electrons. The molecule has 0 aliphatic rings. The van der Waals surface area contributed by atoms with Gasteiger partial charge in [-0.1, -0.05) is 0 Å². The van der Waals surface area contributed by atoms with Crippen molar-refractivity contribution in [2.45, 2.75) is 6.18 Å². The van der Waals surface area contributed by atoms with Crippen LogP contribution in [0.15, 0.2) is 23.8 Å². The fourth-order valence-electron chi connectivity index (χ4n) is 1.57. The minimum absolute atomic E-state index is 0.0333. The summed E-state index contributed by atoms with van der Waals surface area (Å²) in [4.78, 5) is 8.52. The number of rotatable bonds is 1. The molecule has 0 aromatic carbocycles. The van der Waals surface area contributed by atoms with Gasteiger partial charge in [-0.3, -0.25) is 0 Å². The van der Waals surface area contributed by atoms with Crippen molar-refractivity contribution < 1.29 is 13.2 Å². The third-order valence-corrected chi connectivity index (χ3v) is 3.38. The molecule has 0 fully saturated rings. The summed E-state index contributed by atoms with van der Waals surface area (Å²) in [5, 5.41) is 6.00. The number of hydrogen-bond acceptors (Lipinski definition) is 4. The summed E-state index contributed by atoms with van der Waals surface area (Å²) in [6.45, 7) is 0. The first-order chi connectivity index (χ1) is 8.95. The third-order valence-electron chi connectivity index (χ3n) is 2.40. The van der Waals surface area contributed by atoms with E-state index in [2.05, 4.69) is 15.1 Å². The van der Waals surface area contributed by atoms with Crippen molar-refractivity contribution in [1.82, 2.24) is 19.7 Å². The number of nitrogens with zero attached hydrogens (tertiary/aromatic N) is 4. The van der Waals surface area contributed by atoms with Crippen molar-refractivity contribution in [3.63, 3.8) is 0 Å². The maximum Gasteiger partial charge on any atom is 0.419 e. The van der Waals surface area contributed by atoms with Crippen molar-refractivity contribution in [3.05, 3.63) is 34.7 Å². The molecule has 0 radical (unpaired) electrons. The minimum atomic E-state index is -4.44. The van der Waals surface area contributed by atoms with Gasteiger partial charge in [0, 0.05) is 6.20 Å². The van der Waals surface area contributed by atoms with E-state index in [1.165, 1.54) is 11.3 Å². The lowest BCUT2D eigenvalue weighted by Crippen LogP contribution is -2.03. The van der Waals surface area contributed by atoms with Gasteiger partial charge in [-0.2, -0.15) is 23.3 Å². The average molecular weight is 305 g/mol. The molecule has 0 atom stereocenters. The normalized spacial score (nSPS) is 12.2. The van der Waals surface area contributed by atoms with E-state index in [0.717, 1.165) is 17.1 Å². The summed E-state index contributed by atoms with van der Waals surface area (Å²) in [6.07, 6.45) is -2.83. The highest BCUT2D eigenvalue weighted by Gasteiger charge is 2.32. The Balaban J connectivity index is 2.19. The molecule has 3 heterocycles. The van der Waals surface area contributed by atoms with E-state index >= 15 is 0 Å². The van der Waals surface area contributed by atoms with Crippen LogP contribution in [0.1, 0.15) is 5.56 Å². The topological polar surface area (TPSA) is 43.6 Å². The molecule has 19 heavy (non-hydrogen) atoms. The molecule has 9 heteroatoms. The van der Waals surface area contributed by atoms with E-state index in [1.807, 2.05) is 0 Å². The highest BCUT2D eigenvalue weighted by Crippen LogP contribution is 2.30. The van der Waals surface area contributed by atoms with Crippen LogP contribution in [-0.2, 0) is 6.18 Å². The van der Waals surface area contributed by atoms with Crippen molar-refractivity contribution in [3.8, 4) is 5.82 Å². The zero-order valence-electron chi connectivity index (χ0n) is 9.02. The molecular formula is C10H4ClF3N4S. The van der Waals surface area contributed by atoms with Crippen LogP contribution in [-0.4, -0.2) is 19.7 Å². The summed E-state index contributed by atoms with van der Waals surface area (Å²) >= 11 is 7.07. The second-order valence-electron chi connectivity index (χ2n) is 3.63. The molecule has 0 saturated carbocycles. The smallest absolute Gasteiger partial charge is 0.221 e. The number of hydrogen-bond donors (Lipinski definition) is 0. The zero-order valence-corrected chi connectivity index (χ0v) is 10.6. The number of halogens is 4. The third kappa shape index (κ3) is 2.17. The van der Waals surface area contributed by atoms with Crippen LogP contribution in [0.4, 0.5) is 13.2 Å². The molecule has 3 aromatic rings. The highest BCUT2D eigenvalue weighted by molar-refractivity contribution is 7.16. The van der Waals surface area contributed by atoms with Gasteiger partial charge in [-0.05, 0) is 23.0 Å². The van der Waals surface area contributed by atoms with Crippen LogP contribution < -0.4 is 0 Å². The van der Waals surface area contributed by atoms with E-state index in [1.54, 1.807) is 11.4 Å². The zero-order chi connectivity index (χ0) is 13.6. The first kappa shape index (κ1) is 12.4. The number of fused-ring (bicyclic) bond motifs is 1. The molecule has 4 nitrogen and oxygen atoms in total. The second-order valence-corrected chi connectivity index (χ2v) is 4.86. The highest BCUT2D eigenvalue weighted by atomic mass is 35.5. The largest absolute Gasteiger partial charge is 0.419 e. The van der Waals surface area contributed by atoms with Crippen LogP contribution in [0.25, 0.3) is 16.0 Å². The maximum atomic E-state index is 12.5. The number of aromatic nitrogens is 4. The Labute approximate surface area is 113 Å². The molecule has 0 unspecified atom stereocenters. The van der Waals surface area contributed by atoms with E-state index < -0.39 is 11.7 Å². The van der Waals surface area contributed by atoms with Crippen LogP contribution in [0.2, 0.25) is 5.28 Å². The van der Waals surface area contributed by atoms with E-state index in [9.17, 15) is 13.2 Å². The van der Waals surface area contributed by atoms with Crippen LogP contribution in [0.3, 0.4) is 0 Å². The van der Waals surface area contributed by atoms with Gasteiger partial charge in [0.25, 0.3) is 0 Å². The van der Waals surface area contributed by atoms with E-state index in [-0.39, 0.29) is 11.1 Å². The van der Waals surface area contributed by atoms with Crippen LogP contribution >= 0.6 is 22.9 Å². The van der Waals surface area contributed by atoms with Gasteiger partial charge in [0.1, 0.15) is 4.83 Å². The van der Waals surface area contributed by atoms with Crippen molar-refractivity contribution in [1.29, 1.82) is 0 Å². The van der Waals surface area contributed by atoms with Gasteiger partial charge in [-0.15, -0.1) is 11.3 Å². The van der Waals surface area contributed by atoms with E-state index in [4.69, 9.17) is 11.6 Å². The molecule has 0 aliphatic carbocycles. The van der Waals surface area contributed by atoms with Gasteiger partial charge >= 0.3 is 6.18 Å². The Bertz CT molecular complexity index is 749. The minimum Gasteiger partial charge on any atom is -0.221 e. The predicted molar refractivity (Wildman–Crippen MR) is 64.5 cm³/mol. The summed E-state index contributed by atoms with van der Waals surface area (Å²) in [5.41, 5.74) is -0.842. The fraction of sp³-hybridized carbons (Fsp3) is 0.100. The van der Waals surface area contributed by atoms with Gasteiger partial charge in [0.2, 0.25) is 5.28 Å². The number of thiophene rings is 1. The SMILES string of the molecule is FC(F)(F)c1cnn(-c2nc(Cl)nc3sccc23)c1. The first-order valence-electron chi connectivity index (χ1n) is 4.98. The Morgan fingerprint density at radius 3 is 2.74 bits per heavy atom. The molecule has 0 amide bonds. The Kier molecular flexibility index (Phi) is 2.72. The predicted octanol–water partition coefficient (Wildman–Crippen LogP) is 3.55. The lowest BCUT2D eigenvalue weighted by molar-refractivity contribution is -0.137. The Morgan fingerprint density at radius 1 is 1.26 bits per heavy atom. The van der Waals surface area contributed by atoms with Gasteiger partial charge < -0.3 is 0 Å². The van der Waals surface area contributed by atoms with Crippen LogP contribution in [0.5, 0.6) is 0 Å². The van der Waals surface area contributed by atoms with Gasteiger partial charge in [0.05, 0.1) is 17.1 Å². The second kappa shape index (κ2) is 4.17. The summed E-state index contributed by atoms with van der Waals surface area (Å²) in [7, 11) is 0. The quantitative estimate of drug-likeness (QED) is 0.646. The molecule has 0 N–H and O–H groups in total. The maximum absolute atomic E-state index is 12.5. The Hall–Kier alpha value is -1.67. The Morgan fingerprint density at radius 2 is 2.05 bits per heavy atom. The standard InChI is InChI=1S/C10H4ClF3N4S/c11-9-16-7(6-1-2-19-8(6)17-9)18-4-5(3-15-18)10(12,13)14/h1-4H. The van der Waals surface area contributed by atoms with Gasteiger partial charge in [0.15, 0.2) is 5.82 Å². The molecular weight excluding hydrogens is 301 g/mol. The lowest BCUT2D eigenvalue weighted by Gasteiger charge is -2.03. The molecule has 0 spiro atoms. The van der Waals surface area contributed by atoms with E-state index in [0.29, 0.717) is 10.2 Å². The van der Waals surface area contributed by atoms with Crippen molar-refractivity contribution in [2.24, 2.45) is 0 Å². The summed E-state index contributed by atoms with van der Waals surface area (Å²) in [5.74, 6) is 0.228. The summed E-state index contributed by atoms with van der Waals surface area (Å²) < 4.78 is 38.7. The molecule has 0 bridgehead atoms. The molecule has 3 rings (SSSR count). The first-order valence-corrected chi connectivity index (χ1v) is 6.24.